The summed E-state index contributed by atoms with van der Waals surface area (Å²) in [6.45, 7) is 4.42. The number of aryl methyl sites for hydroxylation is 1. The molecule has 0 saturated carbocycles. The second kappa shape index (κ2) is 10.4. The normalized spacial score (nSPS) is 13.8. The lowest BCUT2D eigenvalue weighted by Crippen LogP contribution is -2.49. The minimum Gasteiger partial charge on any atom is -0.468 e. The molecule has 2 amide bonds. The first-order valence-corrected chi connectivity index (χ1v) is 12.6. The zero-order chi connectivity index (χ0) is 24.2. The van der Waals surface area contributed by atoms with E-state index < -0.39 is 5.91 Å². The highest BCUT2D eigenvalue weighted by molar-refractivity contribution is 7.99. The number of hydrogen-bond acceptors (Lipinski definition) is 9. The summed E-state index contributed by atoms with van der Waals surface area (Å²) in [5.74, 6) is 0.0386. The van der Waals surface area contributed by atoms with Crippen molar-refractivity contribution in [2.24, 2.45) is 5.73 Å². The molecule has 1 aliphatic rings. The van der Waals surface area contributed by atoms with Gasteiger partial charge in [-0.05, 0) is 36.8 Å². The number of carbonyl (C=O) groups excluding carboxylic acids is 3. The van der Waals surface area contributed by atoms with Gasteiger partial charge in [0.1, 0.15) is 10.6 Å². The maximum absolute atomic E-state index is 12.9. The summed E-state index contributed by atoms with van der Waals surface area (Å²) in [6, 6.07) is 8.52. The molecule has 3 heterocycles. The fourth-order valence-electron chi connectivity index (χ4n) is 3.68. The Labute approximate surface area is 205 Å². The Morgan fingerprint density at radius 2 is 1.76 bits per heavy atom. The van der Waals surface area contributed by atoms with Crippen LogP contribution >= 0.6 is 23.1 Å². The summed E-state index contributed by atoms with van der Waals surface area (Å²) in [5, 5.41) is 1.52. The van der Waals surface area contributed by atoms with Crippen LogP contribution in [0, 0.1) is 0 Å². The van der Waals surface area contributed by atoms with E-state index in [9.17, 15) is 14.4 Å². The molecule has 0 unspecified atom stereocenters. The Morgan fingerprint density at radius 3 is 2.38 bits per heavy atom. The number of amides is 2. The standard InChI is InChI=1S/C23H25N5O4S2/c1-3-16-12-17-20(25-23(26-21(17)34-16)33-13-18(29)32-2)27-8-10-28(11-9-27)22(31)15-6-4-14(5-7-15)19(24)30/h4-7,12H,3,8-11,13H2,1-2H3,(H2,24,30). The summed E-state index contributed by atoms with van der Waals surface area (Å²) in [4.78, 5) is 51.3. The Bertz CT molecular complexity index is 1220. The fourth-order valence-corrected chi connectivity index (χ4v) is 5.37. The van der Waals surface area contributed by atoms with E-state index in [-0.39, 0.29) is 17.6 Å². The Balaban J connectivity index is 1.51. The molecule has 0 atom stereocenters. The van der Waals surface area contributed by atoms with Crippen molar-refractivity contribution in [1.29, 1.82) is 0 Å². The van der Waals surface area contributed by atoms with Gasteiger partial charge >= 0.3 is 5.97 Å². The lowest BCUT2D eigenvalue weighted by molar-refractivity contribution is -0.137. The van der Waals surface area contributed by atoms with Gasteiger partial charge in [-0.25, -0.2) is 9.97 Å². The molecule has 2 aromatic heterocycles. The first-order chi connectivity index (χ1) is 16.4. The number of methoxy groups -OCH3 is 1. The third-order valence-corrected chi connectivity index (χ3v) is 7.58. The number of primary amides is 1. The van der Waals surface area contributed by atoms with Crippen LogP contribution in [0.4, 0.5) is 5.82 Å². The quantitative estimate of drug-likeness (QED) is 0.299. The van der Waals surface area contributed by atoms with Crippen molar-refractivity contribution in [3.8, 4) is 0 Å². The van der Waals surface area contributed by atoms with Gasteiger partial charge in [-0.3, -0.25) is 14.4 Å². The number of carbonyl (C=O) groups is 3. The highest BCUT2D eigenvalue weighted by Crippen LogP contribution is 2.34. The summed E-state index contributed by atoms with van der Waals surface area (Å²) in [5.41, 5.74) is 6.18. The van der Waals surface area contributed by atoms with E-state index in [4.69, 9.17) is 15.5 Å². The number of fused-ring (bicyclic) bond motifs is 1. The third-order valence-electron chi connectivity index (χ3n) is 5.58. The molecule has 178 valence electrons. The molecule has 0 spiro atoms. The monoisotopic (exact) mass is 499 g/mol. The number of anilines is 1. The molecule has 9 nitrogen and oxygen atoms in total. The van der Waals surface area contributed by atoms with Gasteiger partial charge < -0.3 is 20.3 Å². The van der Waals surface area contributed by atoms with Crippen LogP contribution in [0.1, 0.15) is 32.5 Å². The molecule has 3 aromatic rings. The summed E-state index contributed by atoms with van der Waals surface area (Å²) < 4.78 is 4.73. The number of rotatable bonds is 7. The van der Waals surface area contributed by atoms with Crippen molar-refractivity contribution in [3.63, 3.8) is 0 Å². The van der Waals surface area contributed by atoms with E-state index in [1.54, 1.807) is 40.5 Å². The van der Waals surface area contributed by atoms with Crippen LogP contribution in [0.3, 0.4) is 0 Å². The lowest BCUT2D eigenvalue weighted by Gasteiger charge is -2.35. The highest BCUT2D eigenvalue weighted by atomic mass is 32.2. The predicted molar refractivity (Wildman–Crippen MR) is 133 cm³/mol. The Morgan fingerprint density at radius 1 is 1.09 bits per heavy atom. The van der Waals surface area contributed by atoms with E-state index in [0.29, 0.717) is 42.5 Å². The van der Waals surface area contributed by atoms with Crippen molar-refractivity contribution in [2.75, 3.05) is 43.9 Å². The maximum Gasteiger partial charge on any atom is 0.316 e. The average molecular weight is 500 g/mol. The first kappa shape index (κ1) is 24.0. The Hall–Kier alpha value is -3.18. The van der Waals surface area contributed by atoms with E-state index in [0.717, 1.165) is 22.5 Å². The van der Waals surface area contributed by atoms with Crippen LogP contribution < -0.4 is 10.6 Å². The molecular formula is C23H25N5O4S2. The molecule has 2 N–H and O–H groups in total. The zero-order valence-electron chi connectivity index (χ0n) is 18.9. The molecule has 1 aliphatic heterocycles. The van der Waals surface area contributed by atoms with Crippen LogP contribution in [-0.2, 0) is 16.0 Å². The molecular weight excluding hydrogens is 474 g/mol. The second-order valence-corrected chi connectivity index (χ2v) is 9.76. The van der Waals surface area contributed by atoms with Crippen molar-refractivity contribution < 1.29 is 19.1 Å². The minimum absolute atomic E-state index is 0.0818. The first-order valence-electron chi connectivity index (χ1n) is 10.8. The second-order valence-electron chi connectivity index (χ2n) is 7.70. The number of benzene rings is 1. The van der Waals surface area contributed by atoms with Gasteiger partial charge in [0.25, 0.3) is 5.91 Å². The van der Waals surface area contributed by atoms with Crippen LogP contribution in [0.15, 0.2) is 35.5 Å². The van der Waals surface area contributed by atoms with Crippen molar-refractivity contribution in [2.45, 2.75) is 18.5 Å². The number of thiophene rings is 1. The van der Waals surface area contributed by atoms with Gasteiger partial charge in [-0.1, -0.05) is 18.7 Å². The largest absolute Gasteiger partial charge is 0.468 e. The number of thioether (sulfide) groups is 1. The van der Waals surface area contributed by atoms with E-state index in [2.05, 4.69) is 22.9 Å². The molecule has 11 heteroatoms. The van der Waals surface area contributed by atoms with Gasteiger partial charge in [0.15, 0.2) is 5.16 Å². The summed E-state index contributed by atoms with van der Waals surface area (Å²) in [7, 11) is 1.36. The molecule has 4 rings (SSSR count). The number of aromatic nitrogens is 2. The summed E-state index contributed by atoms with van der Waals surface area (Å²) in [6.07, 6.45) is 0.905. The van der Waals surface area contributed by atoms with Crippen LogP contribution in [0.5, 0.6) is 0 Å². The SMILES string of the molecule is CCc1cc2c(N3CCN(C(=O)c4ccc(C(N)=O)cc4)CC3)nc(SCC(=O)OC)nc2s1. The lowest BCUT2D eigenvalue weighted by atomic mass is 10.1. The predicted octanol–water partition coefficient (Wildman–Crippen LogP) is 2.58. The van der Waals surface area contributed by atoms with E-state index in [1.165, 1.54) is 23.7 Å². The van der Waals surface area contributed by atoms with Gasteiger partial charge in [0.2, 0.25) is 5.91 Å². The van der Waals surface area contributed by atoms with Crippen molar-refractivity contribution in [1.82, 2.24) is 14.9 Å². The minimum atomic E-state index is -0.521. The maximum atomic E-state index is 12.9. The van der Waals surface area contributed by atoms with Gasteiger partial charge in [0.05, 0.1) is 18.2 Å². The number of nitrogens with two attached hydrogens (primary N) is 1. The highest BCUT2D eigenvalue weighted by Gasteiger charge is 2.25. The Kier molecular flexibility index (Phi) is 7.32. The smallest absolute Gasteiger partial charge is 0.316 e. The molecule has 0 radical (unpaired) electrons. The number of piperazine rings is 1. The molecule has 34 heavy (non-hydrogen) atoms. The molecule has 0 aliphatic carbocycles. The van der Waals surface area contributed by atoms with Crippen LogP contribution in [0.25, 0.3) is 10.2 Å². The molecule has 1 aromatic carbocycles. The van der Waals surface area contributed by atoms with Gasteiger partial charge in [0, 0.05) is 42.2 Å². The van der Waals surface area contributed by atoms with Crippen molar-refractivity contribution in [3.05, 3.63) is 46.3 Å². The molecule has 0 bridgehead atoms. The number of esters is 1. The number of nitrogens with zero attached hydrogens (tertiary/aromatic N) is 4. The average Bonchev–Trinajstić information content (AvgIpc) is 3.30. The number of hydrogen-bond donors (Lipinski definition) is 1. The fraction of sp³-hybridized carbons (Fsp3) is 0.348. The van der Waals surface area contributed by atoms with E-state index in [1.807, 2.05) is 0 Å². The van der Waals surface area contributed by atoms with Gasteiger partial charge in [-0.15, -0.1) is 11.3 Å². The zero-order valence-corrected chi connectivity index (χ0v) is 20.6. The van der Waals surface area contributed by atoms with Crippen molar-refractivity contribution >= 4 is 56.9 Å². The molecule has 1 fully saturated rings. The summed E-state index contributed by atoms with van der Waals surface area (Å²) >= 11 is 2.89. The molecule has 1 saturated heterocycles. The topological polar surface area (TPSA) is 119 Å². The third kappa shape index (κ3) is 5.15. The van der Waals surface area contributed by atoms with Crippen LogP contribution in [0.2, 0.25) is 0 Å². The number of ether oxygens (including phenoxy) is 1. The van der Waals surface area contributed by atoms with Crippen LogP contribution in [-0.4, -0.2) is 71.7 Å². The van der Waals surface area contributed by atoms with E-state index >= 15 is 0 Å². The van der Waals surface area contributed by atoms with Gasteiger partial charge in [-0.2, -0.15) is 0 Å².